The van der Waals surface area contributed by atoms with Crippen LogP contribution in [0, 0.1) is 0 Å². The van der Waals surface area contributed by atoms with Crippen LogP contribution in [0.15, 0.2) is 34.7 Å². The lowest BCUT2D eigenvalue weighted by Crippen LogP contribution is -1.98. The average Bonchev–Trinajstić information content (AvgIpc) is 2.87. The van der Waals surface area contributed by atoms with E-state index < -0.39 is 5.97 Å². The monoisotopic (exact) mass is 266 g/mol. The Labute approximate surface area is 109 Å². The van der Waals surface area contributed by atoms with Crippen molar-refractivity contribution in [3.05, 3.63) is 41.1 Å². The number of esters is 1. The minimum absolute atomic E-state index is 0.134. The molecule has 1 aromatic heterocycles. The van der Waals surface area contributed by atoms with Crippen LogP contribution in [-0.4, -0.2) is 20.2 Å². The summed E-state index contributed by atoms with van der Waals surface area (Å²) in [6.45, 7) is 0. The summed E-state index contributed by atoms with van der Waals surface area (Å²) < 4.78 is 15.2. The van der Waals surface area contributed by atoms with E-state index in [9.17, 15) is 4.79 Å². The number of methoxy groups -OCH3 is 2. The molecule has 2 aromatic rings. The third-order valence-electron chi connectivity index (χ3n) is 2.42. The molecule has 0 atom stereocenters. The van der Waals surface area contributed by atoms with Crippen molar-refractivity contribution in [1.82, 2.24) is 0 Å². The summed E-state index contributed by atoms with van der Waals surface area (Å²) in [4.78, 5) is 11.3. The van der Waals surface area contributed by atoms with Crippen LogP contribution in [0.25, 0.3) is 11.3 Å². The van der Waals surface area contributed by atoms with E-state index in [0.29, 0.717) is 22.1 Å². The van der Waals surface area contributed by atoms with E-state index in [1.807, 2.05) is 0 Å². The maximum Gasteiger partial charge on any atom is 0.373 e. The lowest BCUT2D eigenvalue weighted by molar-refractivity contribution is 0.0566. The number of carbonyl (C=O) groups excluding carboxylic acids is 1. The summed E-state index contributed by atoms with van der Waals surface area (Å²) in [7, 11) is 2.85. The average molecular weight is 267 g/mol. The summed E-state index contributed by atoms with van der Waals surface area (Å²) in [5.41, 5.74) is 0.681. The molecule has 0 spiro atoms. The molecule has 18 heavy (non-hydrogen) atoms. The molecule has 94 valence electrons. The molecular formula is C13H11ClO4. The van der Waals surface area contributed by atoms with Gasteiger partial charge in [-0.15, -0.1) is 0 Å². The third kappa shape index (κ3) is 2.33. The first-order valence-electron chi connectivity index (χ1n) is 5.17. The Morgan fingerprint density at radius 3 is 2.67 bits per heavy atom. The molecule has 0 aliphatic rings. The summed E-state index contributed by atoms with van der Waals surface area (Å²) in [6, 6.07) is 8.37. The molecular weight excluding hydrogens is 256 g/mol. The maximum absolute atomic E-state index is 11.3. The molecule has 0 unspecified atom stereocenters. The van der Waals surface area contributed by atoms with Gasteiger partial charge in [0.15, 0.2) is 0 Å². The van der Waals surface area contributed by atoms with Gasteiger partial charge in [-0.05, 0) is 30.3 Å². The normalized spacial score (nSPS) is 10.2. The second kappa shape index (κ2) is 5.14. The van der Waals surface area contributed by atoms with E-state index in [4.69, 9.17) is 20.8 Å². The number of hydrogen-bond donors (Lipinski definition) is 0. The number of halogens is 1. The molecule has 2 rings (SSSR count). The van der Waals surface area contributed by atoms with Gasteiger partial charge in [-0.25, -0.2) is 4.79 Å². The fourth-order valence-electron chi connectivity index (χ4n) is 1.57. The van der Waals surface area contributed by atoms with Crippen molar-refractivity contribution in [2.24, 2.45) is 0 Å². The highest BCUT2D eigenvalue weighted by atomic mass is 35.5. The molecule has 0 amide bonds. The van der Waals surface area contributed by atoms with Crippen LogP contribution in [-0.2, 0) is 4.74 Å². The maximum atomic E-state index is 11.3. The number of benzene rings is 1. The Morgan fingerprint density at radius 1 is 1.22 bits per heavy atom. The molecule has 0 aliphatic carbocycles. The lowest BCUT2D eigenvalue weighted by Gasteiger charge is -2.06. The van der Waals surface area contributed by atoms with Crippen LogP contribution in [0.3, 0.4) is 0 Å². The predicted molar refractivity (Wildman–Crippen MR) is 67.0 cm³/mol. The fraction of sp³-hybridized carbons (Fsp3) is 0.154. The largest absolute Gasteiger partial charge is 0.496 e. The minimum atomic E-state index is -0.526. The molecule has 1 heterocycles. The molecule has 0 radical (unpaired) electrons. The summed E-state index contributed by atoms with van der Waals surface area (Å²) in [5, 5.41) is 0.557. The van der Waals surface area contributed by atoms with E-state index in [1.54, 1.807) is 37.4 Å². The number of ether oxygens (including phenoxy) is 2. The van der Waals surface area contributed by atoms with E-state index in [0.717, 1.165) is 0 Å². The van der Waals surface area contributed by atoms with Crippen molar-refractivity contribution in [1.29, 1.82) is 0 Å². The second-order valence-electron chi connectivity index (χ2n) is 3.50. The number of rotatable bonds is 3. The highest BCUT2D eigenvalue weighted by molar-refractivity contribution is 6.30. The second-order valence-corrected chi connectivity index (χ2v) is 3.94. The van der Waals surface area contributed by atoms with Crippen molar-refractivity contribution in [3.8, 4) is 17.1 Å². The van der Waals surface area contributed by atoms with Crippen molar-refractivity contribution in [2.45, 2.75) is 0 Å². The standard InChI is InChI=1S/C13H11ClO4/c1-16-10-4-3-8(14)7-9(10)11-5-6-12(18-11)13(15)17-2/h3-7H,1-2H3. The van der Waals surface area contributed by atoms with E-state index in [2.05, 4.69) is 4.74 Å². The summed E-state index contributed by atoms with van der Waals surface area (Å²) >= 11 is 5.93. The van der Waals surface area contributed by atoms with Gasteiger partial charge < -0.3 is 13.9 Å². The van der Waals surface area contributed by atoms with Gasteiger partial charge in [-0.2, -0.15) is 0 Å². The first-order chi connectivity index (χ1) is 8.65. The molecule has 0 saturated heterocycles. The molecule has 0 bridgehead atoms. The fourth-order valence-corrected chi connectivity index (χ4v) is 1.74. The SMILES string of the molecule is COC(=O)c1ccc(-c2cc(Cl)ccc2OC)o1. The Hall–Kier alpha value is -1.94. The Balaban J connectivity index is 2.45. The van der Waals surface area contributed by atoms with Crippen LogP contribution >= 0.6 is 11.6 Å². The predicted octanol–water partition coefficient (Wildman–Crippen LogP) is 3.40. The molecule has 5 heteroatoms. The zero-order valence-electron chi connectivity index (χ0n) is 9.90. The quantitative estimate of drug-likeness (QED) is 0.799. The molecule has 1 aromatic carbocycles. The highest BCUT2D eigenvalue weighted by Gasteiger charge is 2.15. The highest BCUT2D eigenvalue weighted by Crippen LogP contribution is 2.33. The summed E-state index contributed by atoms with van der Waals surface area (Å²) in [5.74, 6) is 0.719. The van der Waals surface area contributed by atoms with Crippen LogP contribution in [0.4, 0.5) is 0 Å². The van der Waals surface area contributed by atoms with Crippen LogP contribution < -0.4 is 4.74 Å². The smallest absolute Gasteiger partial charge is 0.373 e. The Morgan fingerprint density at radius 2 is 2.00 bits per heavy atom. The van der Waals surface area contributed by atoms with Gasteiger partial charge in [-0.1, -0.05) is 11.6 Å². The van der Waals surface area contributed by atoms with E-state index in [1.165, 1.54) is 7.11 Å². The van der Waals surface area contributed by atoms with Crippen molar-refractivity contribution in [2.75, 3.05) is 14.2 Å². The lowest BCUT2D eigenvalue weighted by atomic mass is 10.1. The molecule has 0 N–H and O–H groups in total. The van der Waals surface area contributed by atoms with Crippen molar-refractivity contribution in [3.63, 3.8) is 0 Å². The molecule has 0 fully saturated rings. The van der Waals surface area contributed by atoms with Crippen molar-refractivity contribution < 1.29 is 18.7 Å². The van der Waals surface area contributed by atoms with Gasteiger partial charge in [0, 0.05) is 5.02 Å². The molecule has 0 aliphatic heterocycles. The summed E-state index contributed by atoms with van der Waals surface area (Å²) in [6.07, 6.45) is 0. The number of carbonyl (C=O) groups is 1. The first-order valence-corrected chi connectivity index (χ1v) is 5.55. The number of hydrogen-bond acceptors (Lipinski definition) is 4. The van der Waals surface area contributed by atoms with Gasteiger partial charge in [0.2, 0.25) is 5.76 Å². The molecule has 4 nitrogen and oxygen atoms in total. The van der Waals surface area contributed by atoms with Gasteiger partial charge in [0.05, 0.1) is 19.8 Å². The topological polar surface area (TPSA) is 48.7 Å². The zero-order valence-corrected chi connectivity index (χ0v) is 10.7. The Bertz CT molecular complexity index is 574. The third-order valence-corrected chi connectivity index (χ3v) is 2.65. The van der Waals surface area contributed by atoms with Crippen LogP contribution in [0.1, 0.15) is 10.6 Å². The zero-order chi connectivity index (χ0) is 13.1. The Kier molecular flexibility index (Phi) is 3.58. The van der Waals surface area contributed by atoms with Crippen LogP contribution in [0.5, 0.6) is 5.75 Å². The minimum Gasteiger partial charge on any atom is -0.496 e. The van der Waals surface area contributed by atoms with Crippen molar-refractivity contribution >= 4 is 17.6 Å². The van der Waals surface area contributed by atoms with Gasteiger partial charge in [0.1, 0.15) is 11.5 Å². The first kappa shape index (κ1) is 12.5. The number of furan rings is 1. The van der Waals surface area contributed by atoms with E-state index in [-0.39, 0.29) is 5.76 Å². The van der Waals surface area contributed by atoms with E-state index >= 15 is 0 Å². The van der Waals surface area contributed by atoms with Gasteiger partial charge in [-0.3, -0.25) is 0 Å². The van der Waals surface area contributed by atoms with Crippen LogP contribution in [0.2, 0.25) is 5.02 Å². The van der Waals surface area contributed by atoms with Gasteiger partial charge >= 0.3 is 5.97 Å². The molecule has 0 saturated carbocycles. The van der Waals surface area contributed by atoms with Gasteiger partial charge in [0.25, 0.3) is 0 Å².